The number of anilines is 1. The zero-order chi connectivity index (χ0) is 13.9. The summed E-state index contributed by atoms with van der Waals surface area (Å²) in [6, 6.07) is 6.89. The maximum Gasteiger partial charge on any atom is 0.0396 e. The minimum absolute atomic E-state index is 0.368. The number of hydrogen-bond acceptors (Lipinski definition) is 3. The van der Waals surface area contributed by atoms with Gasteiger partial charge >= 0.3 is 0 Å². The Hall–Kier alpha value is -0.670. The van der Waals surface area contributed by atoms with E-state index in [4.69, 9.17) is 0 Å². The average Bonchev–Trinajstić information content (AvgIpc) is 2.35. The van der Waals surface area contributed by atoms with E-state index in [2.05, 4.69) is 67.9 Å². The highest BCUT2D eigenvalue weighted by Crippen LogP contribution is 2.33. The maximum atomic E-state index is 3.39. The lowest BCUT2D eigenvalue weighted by Gasteiger charge is -2.39. The molecule has 0 aromatic heterocycles. The average molecular weight is 278 g/mol. The first-order valence-corrected chi connectivity index (χ1v) is 8.19. The minimum atomic E-state index is 0.368. The number of aryl methyl sites for hydroxylation is 1. The van der Waals surface area contributed by atoms with E-state index >= 15 is 0 Å². The van der Waals surface area contributed by atoms with Crippen LogP contribution < -0.4 is 10.2 Å². The number of nitrogens with zero attached hydrogens (tertiary/aromatic N) is 1. The third-order valence-corrected chi connectivity index (χ3v) is 4.90. The molecule has 1 aromatic rings. The fraction of sp³-hybridized carbons (Fsp3) is 0.625. The molecule has 1 aromatic carbocycles. The number of thioether (sulfide) groups is 1. The molecule has 0 bridgehead atoms. The van der Waals surface area contributed by atoms with Crippen LogP contribution in [-0.4, -0.2) is 30.1 Å². The number of rotatable bonds is 4. The smallest absolute Gasteiger partial charge is 0.0396 e. The highest BCUT2D eigenvalue weighted by molar-refractivity contribution is 8.00. The summed E-state index contributed by atoms with van der Waals surface area (Å²) in [6.45, 7) is 13.4. The Balaban J connectivity index is 2.12. The summed E-state index contributed by atoms with van der Waals surface area (Å²) in [5.74, 6) is 1.23. The molecule has 0 spiro atoms. The molecule has 0 unspecified atom stereocenters. The second-order valence-corrected chi connectivity index (χ2v) is 7.73. The van der Waals surface area contributed by atoms with E-state index in [1.54, 1.807) is 0 Å². The van der Waals surface area contributed by atoms with Crippen LogP contribution in [-0.2, 0) is 6.54 Å². The lowest BCUT2D eigenvalue weighted by molar-refractivity contribution is 0.646. The van der Waals surface area contributed by atoms with E-state index in [1.165, 1.54) is 29.1 Å². The molecule has 1 aliphatic rings. The van der Waals surface area contributed by atoms with Crippen LogP contribution in [0.5, 0.6) is 0 Å². The molecule has 2 rings (SSSR count). The normalized spacial score (nSPS) is 18.6. The van der Waals surface area contributed by atoms with Gasteiger partial charge in [-0.1, -0.05) is 19.1 Å². The molecule has 0 atom stereocenters. The zero-order valence-electron chi connectivity index (χ0n) is 12.6. The lowest BCUT2D eigenvalue weighted by atomic mass is 10.1. The molecule has 1 fully saturated rings. The van der Waals surface area contributed by atoms with Gasteiger partial charge in [-0.2, -0.15) is 11.8 Å². The lowest BCUT2D eigenvalue weighted by Crippen LogP contribution is -2.43. The highest BCUT2D eigenvalue weighted by Gasteiger charge is 2.27. The third-order valence-electron chi connectivity index (χ3n) is 3.61. The zero-order valence-corrected chi connectivity index (χ0v) is 13.4. The number of benzene rings is 1. The van der Waals surface area contributed by atoms with Gasteiger partial charge in [0.15, 0.2) is 0 Å². The Kier molecular flexibility index (Phi) is 4.80. The van der Waals surface area contributed by atoms with Crippen molar-refractivity contribution in [1.82, 2.24) is 5.32 Å². The second kappa shape index (κ2) is 6.19. The van der Waals surface area contributed by atoms with E-state index in [9.17, 15) is 0 Å². The van der Waals surface area contributed by atoms with Crippen molar-refractivity contribution in [3.8, 4) is 0 Å². The van der Waals surface area contributed by atoms with Crippen molar-refractivity contribution in [2.45, 2.75) is 39.0 Å². The van der Waals surface area contributed by atoms with E-state index in [1.807, 2.05) is 0 Å². The first-order chi connectivity index (χ1) is 9.02. The summed E-state index contributed by atoms with van der Waals surface area (Å²) in [6.07, 6.45) is 0. The summed E-state index contributed by atoms with van der Waals surface area (Å²) in [7, 11) is 0. The van der Waals surface area contributed by atoms with Crippen LogP contribution in [0.3, 0.4) is 0 Å². The number of nitrogens with one attached hydrogen (secondary N) is 1. The molecule has 0 amide bonds. The maximum absolute atomic E-state index is 3.39. The summed E-state index contributed by atoms with van der Waals surface area (Å²) < 4.78 is 0.368. The van der Waals surface area contributed by atoms with Crippen molar-refractivity contribution in [2.24, 2.45) is 0 Å². The monoisotopic (exact) mass is 278 g/mol. The van der Waals surface area contributed by atoms with Crippen LogP contribution in [0.2, 0.25) is 0 Å². The standard InChI is InChI=1S/C16H26N2S/c1-5-17-11-14-6-7-15(13(2)10-14)18-8-9-19-16(3,4)12-18/h6-7,10,17H,5,8-9,11-12H2,1-4H3. The molecular weight excluding hydrogens is 252 g/mol. The molecule has 0 radical (unpaired) electrons. The summed E-state index contributed by atoms with van der Waals surface area (Å²) in [5.41, 5.74) is 4.19. The molecule has 0 aliphatic carbocycles. The third kappa shape index (κ3) is 3.90. The highest BCUT2D eigenvalue weighted by atomic mass is 32.2. The molecular formula is C16H26N2S. The van der Waals surface area contributed by atoms with Crippen LogP contribution in [0.25, 0.3) is 0 Å². The predicted octanol–water partition coefficient (Wildman–Crippen LogP) is 3.44. The van der Waals surface area contributed by atoms with Gasteiger partial charge in [0.1, 0.15) is 0 Å². The van der Waals surface area contributed by atoms with E-state index in [-0.39, 0.29) is 0 Å². The topological polar surface area (TPSA) is 15.3 Å². The Labute approximate surface area is 122 Å². The largest absolute Gasteiger partial charge is 0.369 e. The minimum Gasteiger partial charge on any atom is -0.369 e. The van der Waals surface area contributed by atoms with E-state index < -0.39 is 0 Å². The first-order valence-electron chi connectivity index (χ1n) is 7.21. The summed E-state index contributed by atoms with van der Waals surface area (Å²) in [5, 5.41) is 3.39. The van der Waals surface area contributed by atoms with Crippen LogP contribution in [0.15, 0.2) is 18.2 Å². The van der Waals surface area contributed by atoms with Gasteiger partial charge < -0.3 is 10.2 Å². The molecule has 1 N–H and O–H groups in total. The quantitative estimate of drug-likeness (QED) is 0.908. The van der Waals surface area contributed by atoms with Crippen molar-refractivity contribution in [2.75, 3.05) is 30.3 Å². The van der Waals surface area contributed by atoms with Crippen molar-refractivity contribution < 1.29 is 0 Å². The number of hydrogen-bond donors (Lipinski definition) is 1. The van der Waals surface area contributed by atoms with Gasteiger partial charge in [-0.15, -0.1) is 0 Å². The molecule has 0 saturated carbocycles. The second-order valence-electron chi connectivity index (χ2n) is 5.93. The van der Waals surface area contributed by atoms with Gasteiger partial charge in [0.2, 0.25) is 0 Å². The predicted molar refractivity (Wildman–Crippen MR) is 87.3 cm³/mol. The van der Waals surface area contributed by atoms with E-state index in [0.717, 1.165) is 19.6 Å². The Morgan fingerprint density at radius 1 is 1.37 bits per heavy atom. The van der Waals surface area contributed by atoms with Crippen LogP contribution in [0, 0.1) is 6.92 Å². The fourth-order valence-corrected chi connectivity index (χ4v) is 3.79. The molecule has 19 heavy (non-hydrogen) atoms. The summed E-state index contributed by atoms with van der Waals surface area (Å²) >= 11 is 2.09. The van der Waals surface area contributed by atoms with Gasteiger partial charge in [0.25, 0.3) is 0 Å². The van der Waals surface area contributed by atoms with Crippen molar-refractivity contribution in [3.05, 3.63) is 29.3 Å². The summed E-state index contributed by atoms with van der Waals surface area (Å²) in [4.78, 5) is 2.54. The Morgan fingerprint density at radius 2 is 2.16 bits per heavy atom. The Morgan fingerprint density at radius 3 is 2.79 bits per heavy atom. The first kappa shape index (κ1) is 14.7. The van der Waals surface area contributed by atoms with Gasteiger partial charge in [-0.25, -0.2) is 0 Å². The fourth-order valence-electron chi connectivity index (χ4n) is 2.67. The molecule has 2 nitrogen and oxygen atoms in total. The van der Waals surface area contributed by atoms with Gasteiger partial charge in [0, 0.05) is 35.8 Å². The van der Waals surface area contributed by atoms with E-state index in [0.29, 0.717) is 4.75 Å². The molecule has 1 aliphatic heterocycles. The Bertz CT molecular complexity index is 429. The van der Waals surface area contributed by atoms with Crippen LogP contribution in [0.4, 0.5) is 5.69 Å². The molecule has 106 valence electrons. The SMILES string of the molecule is CCNCc1ccc(N2CCSC(C)(C)C2)c(C)c1. The van der Waals surface area contributed by atoms with Crippen LogP contribution >= 0.6 is 11.8 Å². The molecule has 1 heterocycles. The van der Waals surface area contributed by atoms with Gasteiger partial charge in [-0.3, -0.25) is 0 Å². The van der Waals surface area contributed by atoms with Crippen molar-refractivity contribution in [1.29, 1.82) is 0 Å². The van der Waals surface area contributed by atoms with Crippen molar-refractivity contribution >= 4 is 17.4 Å². The van der Waals surface area contributed by atoms with Gasteiger partial charge in [0.05, 0.1) is 0 Å². The molecule has 1 saturated heterocycles. The molecule has 3 heteroatoms. The van der Waals surface area contributed by atoms with Gasteiger partial charge in [-0.05, 0) is 44.5 Å². The van der Waals surface area contributed by atoms with Crippen molar-refractivity contribution in [3.63, 3.8) is 0 Å². The van der Waals surface area contributed by atoms with Crippen LogP contribution in [0.1, 0.15) is 31.9 Å².